The molecule has 2 rings (SSSR count). The Bertz CT molecular complexity index is 368. The van der Waals surface area contributed by atoms with Crippen LogP contribution in [0, 0.1) is 18.7 Å². The number of aryl methyl sites for hydroxylation is 1. The van der Waals surface area contributed by atoms with Crippen LogP contribution in [-0.2, 0) is 6.54 Å². The molecule has 1 aromatic carbocycles. The van der Waals surface area contributed by atoms with E-state index in [4.69, 9.17) is 5.73 Å². The van der Waals surface area contributed by atoms with Crippen molar-refractivity contribution in [2.24, 2.45) is 11.7 Å². The van der Waals surface area contributed by atoms with E-state index in [0.717, 1.165) is 24.2 Å². The van der Waals surface area contributed by atoms with Crippen LogP contribution in [0.4, 0.5) is 4.39 Å². The van der Waals surface area contributed by atoms with E-state index in [1.54, 1.807) is 12.1 Å². The van der Waals surface area contributed by atoms with Crippen LogP contribution < -0.4 is 5.73 Å². The van der Waals surface area contributed by atoms with Gasteiger partial charge in [-0.3, -0.25) is 4.90 Å². The van der Waals surface area contributed by atoms with Gasteiger partial charge in [0.05, 0.1) is 0 Å². The third-order valence-corrected chi connectivity index (χ3v) is 3.34. The fourth-order valence-corrected chi connectivity index (χ4v) is 2.29. The van der Waals surface area contributed by atoms with Crippen LogP contribution in [0.25, 0.3) is 0 Å². The minimum atomic E-state index is -0.112. The summed E-state index contributed by atoms with van der Waals surface area (Å²) in [5.74, 6) is 0.395. The van der Waals surface area contributed by atoms with Crippen molar-refractivity contribution in [1.29, 1.82) is 0 Å². The number of hydrogen-bond donors (Lipinski definition) is 1. The zero-order valence-corrected chi connectivity index (χ0v) is 9.91. The molecule has 16 heavy (non-hydrogen) atoms. The highest BCUT2D eigenvalue weighted by atomic mass is 19.1. The van der Waals surface area contributed by atoms with Crippen molar-refractivity contribution in [1.82, 2.24) is 4.90 Å². The highest BCUT2D eigenvalue weighted by Crippen LogP contribution is 2.19. The summed E-state index contributed by atoms with van der Waals surface area (Å²) < 4.78 is 13.6. The lowest BCUT2D eigenvalue weighted by molar-refractivity contribution is 0.313. The van der Waals surface area contributed by atoms with E-state index in [1.165, 1.54) is 0 Å². The zero-order chi connectivity index (χ0) is 11.7. The topological polar surface area (TPSA) is 29.3 Å². The highest BCUT2D eigenvalue weighted by Gasteiger charge is 2.26. The van der Waals surface area contributed by atoms with Gasteiger partial charge in [0.1, 0.15) is 5.82 Å². The average Bonchev–Trinajstić information content (AvgIpc) is 2.52. The molecule has 1 aliphatic heterocycles. The Morgan fingerprint density at radius 2 is 2.19 bits per heavy atom. The first-order valence-electron chi connectivity index (χ1n) is 5.79. The fraction of sp³-hybridized carbons (Fsp3) is 0.538. The number of hydrogen-bond acceptors (Lipinski definition) is 2. The number of nitrogens with zero attached hydrogens (tertiary/aromatic N) is 1. The minimum absolute atomic E-state index is 0.112. The van der Waals surface area contributed by atoms with Crippen LogP contribution in [0.1, 0.15) is 18.1 Å². The molecule has 0 aliphatic carbocycles. The molecule has 0 saturated carbocycles. The zero-order valence-electron chi connectivity index (χ0n) is 9.91. The van der Waals surface area contributed by atoms with Gasteiger partial charge in [0.15, 0.2) is 0 Å². The molecule has 2 nitrogen and oxygen atoms in total. The van der Waals surface area contributed by atoms with Crippen LogP contribution in [0.3, 0.4) is 0 Å². The molecule has 0 amide bonds. The van der Waals surface area contributed by atoms with Gasteiger partial charge in [-0.15, -0.1) is 0 Å². The molecular weight excluding hydrogens is 203 g/mol. The Labute approximate surface area is 96.2 Å². The van der Waals surface area contributed by atoms with Crippen LogP contribution in [0.15, 0.2) is 18.2 Å². The molecule has 0 spiro atoms. The maximum absolute atomic E-state index is 13.6. The number of halogens is 1. The molecule has 2 atom stereocenters. The van der Waals surface area contributed by atoms with Crippen molar-refractivity contribution in [2.75, 3.05) is 13.1 Å². The van der Waals surface area contributed by atoms with Crippen LogP contribution in [-0.4, -0.2) is 24.0 Å². The molecule has 2 unspecified atom stereocenters. The van der Waals surface area contributed by atoms with E-state index in [9.17, 15) is 4.39 Å². The Kier molecular flexibility index (Phi) is 3.26. The van der Waals surface area contributed by atoms with Crippen LogP contribution in [0.5, 0.6) is 0 Å². The summed E-state index contributed by atoms with van der Waals surface area (Å²) in [6, 6.07) is 5.50. The van der Waals surface area contributed by atoms with Gasteiger partial charge in [0.25, 0.3) is 0 Å². The van der Waals surface area contributed by atoms with E-state index in [1.807, 2.05) is 13.0 Å². The summed E-state index contributed by atoms with van der Waals surface area (Å²) in [6.45, 7) is 6.65. The van der Waals surface area contributed by atoms with E-state index >= 15 is 0 Å². The average molecular weight is 222 g/mol. The number of nitrogens with two attached hydrogens (primary N) is 1. The molecule has 0 aromatic heterocycles. The summed E-state index contributed by atoms with van der Waals surface area (Å²) in [4.78, 5) is 2.23. The maximum atomic E-state index is 13.6. The molecule has 2 N–H and O–H groups in total. The van der Waals surface area contributed by atoms with Gasteiger partial charge in [0, 0.05) is 31.2 Å². The minimum Gasteiger partial charge on any atom is -0.326 e. The van der Waals surface area contributed by atoms with Gasteiger partial charge >= 0.3 is 0 Å². The van der Waals surface area contributed by atoms with Gasteiger partial charge in [0.2, 0.25) is 0 Å². The number of likely N-dealkylation sites (tertiary alicyclic amines) is 1. The summed E-state index contributed by atoms with van der Waals surface area (Å²) in [5, 5.41) is 0. The van der Waals surface area contributed by atoms with E-state index < -0.39 is 0 Å². The number of benzene rings is 1. The third-order valence-electron chi connectivity index (χ3n) is 3.34. The number of rotatable bonds is 2. The van der Waals surface area contributed by atoms with Crippen molar-refractivity contribution < 1.29 is 4.39 Å². The molecule has 3 heteroatoms. The first-order chi connectivity index (χ1) is 7.56. The standard InChI is InChI=1S/C13H19FN2/c1-9-3-4-12(14)11(5-9)7-16-6-10(2)13(15)8-16/h3-5,10,13H,6-8,15H2,1-2H3. The van der Waals surface area contributed by atoms with Gasteiger partial charge < -0.3 is 5.73 Å². The summed E-state index contributed by atoms with van der Waals surface area (Å²) in [5.41, 5.74) is 7.84. The van der Waals surface area contributed by atoms with Crippen molar-refractivity contribution in [2.45, 2.75) is 26.4 Å². The monoisotopic (exact) mass is 222 g/mol. The SMILES string of the molecule is Cc1ccc(F)c(CN2CC(C)C(N)C2)c1. The summed E-state index contributed by atoms with van der Waals surface area (Å²) >= 11 is 0. The Morgan fingerprint density at radius 3 is 2.81 bits per heavy atom. The summed E-state index contributed by atoms with van der Waals surface area (Å²) in [6.07, 6.45) is 0. The van der Waals surface area contributed by atoms with E-state index in [0.29, 0.717) is 12.5 Å². The molecule has 0 radical (unpaired) electrons. The lowest BCUT2D eigenvalue weighted by Crippen LogP contribution is -2.28. The Balaban J connectivity index is 2.07. The first kappa shape index (κ1) is 11.6. The van der Waals surface area contributed by atoms with Gasteiger partial charge in [-0.2, -0.15) is 0 Å². The van der Waals surface area contributed by atoms with Crippen molar-refractivity contribution in [3.63, 3.8) is 0 Å². The predicted octanol–water partition coefficient (Wildman–Crippen LogP) is 1.91. The second-order valence-electron chi connectivity index (χ2n) is 4.93. The lowest BCUT2D eigenvalue weighted by atomic mass is 10.1. The third kappa shape index (κ3) is 2.42. The fourth-order valence-electron chi connectivity index (χ4n) is 2.29. The molecular formula is C13H19FN2. The Morgan fingerprint density at radius 1 is 1.44 bits per heavy atom. The second-order valence-corrected chi connectivity index (χ2v) is 4.93. The largest absolute Gasteiger partial charge is 0.326 e. The van der Waals surface area contributed by atoms with Crippen LogP contribution in [0.2, 0.25) is 0 Å². The smallest absolute Gasteiger partial charge is 0.127 e. The molecule has 88 valence electrons. The maximum Gasteiger partial charge on any atom is 0.127 e. The van der Waals surface area contributed by atoms with Gasteiger partial charge in [-0.1, -0.05) is 24.6 Å². The van der Waals surface area contributed by atoms with E-state index in [2.05, 4.69) is 11.8 Å². The van der Waals surface area contributed by atoms with Crippen molar-refractivity contribution >= 4 is 0 Å². The normalized spacial score (nSPS) is 26.2. The highest BCUT2D eigenvalue weighted by molar-refractivity contribution is 5.24. The van der Waals surface area contributed by atoms with Gasteiger partial charge in [-0.25, -0.2) is 4.39 Å². The molecule has 1 aromatic rings. The lowest BCUT2D eigenvalue weighted by Gasteiger charge is -2.16. The molecule has 1 saturated heterocycles. The van der Waals surface area contributed by atoms with E-state index in [-0.39, 0.29) is 11.9 Å². The second kappa shape index (κ2) is 4.52. The first-order valence-corrected chi connectivity index (χ1v) is 5.79. The molecule has 1 fully saturated rings. The van der Waals surface area contributed by atoms with Gasteiger partial charge in [-0.05, 0) is 18.9 Å². The van der Waals surface area contributed by atoms with Crippen molar-refractivity contribution in [3.8, 4) is 0 Å². The molecule has 1 aliphatic rings. The Hall–Kier alpha value is -0.930. The quantitative estimate of drug-likeness (QED) is 0.828. The van der Waals surface area contributed by atoms with Crippen LogP contribution >= 0.6 is 0 Å². The summed E-state index contributed by atoms with van der Waals surface area (Å²) in [7, 11) is 0. The predicted molar refractivity (Wildman–Crippen MR) is 63.6 cm³/mol. The molecule has 1 heterocycles. The molecule has 0 bridgehead atoms. The van der Waals surface area contributed by atoms with Crippen molar-refractivity contribution in [3.05, 3.63) is 35.1 Å².